The topological polar surface area (TPSA) is 15.6 Å². The van der Waals surface area contributed by atoms with Gasteiger partial charge in [0.05, 0.1) is 6.54 Å². The number of aliphatic imine (C=N–C) groups is 1. The molecule has 0 saturated heterocycles. The van der Waals surface area contributed by atoms with Gasteiger partial charge in [-0.25, -0.2) is 0 Å². The van der Waals surface area contributed by atoms with Crippen molar-refractivity contribution in [2.75, 3.05) is 18.0 Å². The van der Waals surface area contributed by atoms with Crippen molar-refractivity contribution in [3.8, 4) is 22.3 Å². The van der Waals surface area contributed by atoms with Crippen molar-refractivity contribution in [3.63, 3.8) is 0 Å². The summed E-state index contributed by atoms with van der Waals surface area (Å²) in [7, 11) is 0. The number of benzene rings is 4. The Balaban J connectivity index is 1.58. The lowest BCUT2D eigenvalue weighted by molar-refractivity contribution is 1.02. The SMILES string of the molecule is C1=C(c2cc(-c3ccccc3)cc(-c3ccccc3)c2)C2=NCCN2c2ccccc21. The third kappa shape index (κ3) is 3.17. The fourth-order valence-electron chi connectivity index (χ4n) is 4.58. The lowest BCUT2D eigenvalue weighted by Crippen LogP contribution is -2.31. The fourth-order valence-corrected chi connectivity index (χ4v) is 4.58. The third-order valence-electron chi connectivity index (χ3n) is 6.07. The average molecular weight is 399 g/mol. The van der Waals surface area contributed by atoms with E-state index in [4.69, 9.17) is 4.99 Å². The van der Waals surface area contributed by atoms with Gasteiger partial charge in [-0.3, -0.25) is 4.99 Å². The Labute approximate surface area is 182 Å². The molecule has 2 nitrogen and oxygen atoms in total. The van der Waals surface area contributed by atoms with Crippen LogP contribution in [0.2, 0.25) is 0 Å². The molecule has 0 spiro atoms. The molecule has 2 heterocycles. The predicted octanol–water partition coefficient (Wildman–Crippen LogP) is 6.79. The summed E-state index contributed by atoms with van der Waals surface area (Å²) in [6.45, 7) is 1.78. The number of hydrogen-bond acceptors (Lipinski definition) is 2. The molecule has 0 amide bonds. The number of amidine groups is 1. The van der Waals surface area contributed by atoms with E-state index in [1.807, 2.05) is 0 Å². The predicted molar refractivity (Wildman–Crippen MR) is 131 cm³/mol. The van der Waals surface area contributed by atoms with Gasteiger partial charge >= 0.3 is 0 Å². The zero-order valence-corrected chi connectivity index (χ0v) is 17.2. The van der Waals surface area contributed by atoms with Crippen molar-refractivity contribution in [3.05, 3.63) is 114 Å². The average Bonchev–Trinajstić information content (AvgIpc) is 3.35. The van der Waals surface area contributed by atoms with Crippen molar-refractivity contribution in [2.45, 2.75) is 0 Å². The summed E-state index contributed by atoms with van der Waals surface area (Å²) in [5, 5.41) is 0. The van der Waals surface area contributed by atoms with Gasteiger partial charge in [0.1, 0.15) is 5.84 Å². The Hall–Kier alpha value is -3.91. The molecule has 148 valence electrons. The molecule has 4 aromatic rings. The number of para-hydroxylation sites is 1. The second kappa shape index (κ2) is 7.41. The number of rotatable bonds is 3. The quantitative estimate of drug-likeness (QED) is 0.371. The first-order chi connectivity index (χ1) is 15.4. The van der Waals surface area contributed by atoms with Gasteiger partial charge in [0, 0.05) is 17.8 Å². The second-order valence-electron chi connectivity index (χ2n) is 8.00. The van der Waals surface area contributed by atoms with Gasteiger partial charge in [-0.1, -0.05) is 78.9 Å². The number of anilines is 1. The first kappa shape index (κ1) is 17.9. The minimum absolute atomic E-state index is 0.838. The summed E-state index contributed by atoms with van der Waals surface area (Å²) in [5.41, 5.74) is 9.82. The smallest absolute Gasteiger partial charge is 0.136 e. The molecule has 6 rings (SSSR count). The van der Waals surface area contributed by atoms with Crippen LogP contribution in [0.3, 0.4) is 0 Å². The lowest BCUT2D eigenvalue weighted by Gasteiger charge is -2.29. The van der Waals surface area contributed by atoms with E-state index in [0.29, 0.717) is 0 Å². The summed E-state index contributed by atoms with van der Waals surface area (Å²) in [4.78, 5) is 7.26. The van der Waals surface area contributed by atoms with Gasteiger partial charge in [-0.05, 0) is 63.7 Å². The molecule has 0 aliphatic carbocycles. The van der Waals surface area contributed by atoms with Gasteiger partial charge in [0.25, 0.3) is 0 Å². The molecule has 31 heavy (non-hydrogen) atoms. The normalized spacial score (nSPS) is 14.5. The molecule has 0 fully saturated rings. The van der Waals surface area contributed by atoms with Gasteiger partial charge in [0.15, 0.2) is 0 Å². The van der Waals surface area contributed by atoms with Crippen LogP contribution >= 0.6 is 0 Å². The zero-order valence-electron chi connectivity index (χ0n) is 17.2. The second-order valence-corrected chi connectivity index (χ2v) is 8.00. The molecule has 0 aromatic heterocycles. The monoisotopic (exact) mass is 398 g/mol. The van der Waals surface area contributed by atoms with E-state index in [0.717, 1.165) is 18.9 Å². The van der Waals surface area contributed by atoms with E-state index in [1.165, 1.54) is 44.6 Å². The summed E-state index contributed by atoms with van der Waals surface area (Å²) < 4.78 is 0. The Bertz CT molecular complexity index is 1260. The van der Waals surface area contributed by atoms with Crippen molar-refractivity contribution >= 4 is 23.2 Å². The maximum absolute atomic E-state index is 4.89. The van der Waals surface area contributed by atoms with Crippen LogP contribution in [0.15, 0.2) is 108 Å². The number of nitrogens with zero attached hydrogens (tertiary/aromatic N) is 2. The van der Waals surface area contributed by atoms with Crippen LogP contribution < -0.4 is 4.90 Å². The van der Waals surface area contributed by atoms with Crippen LogP contribution in [0.4, 0.5) is 5.69 Å². The zero-order chi connectivity index (χ0) is 20.6. The molecule has 2 aliphatic heterocycles. The number of hydrogen-bond donors (Lipinski definition) is 0. The summed E-state index contributed by atoms with van der Waals surface area (Å²) >= 11 is 0. The molecule has 0 bridgehead atoms. The Morgan fingerprint density at radius 2 is 1.16 bits per heavy atom. The van der Waals surface area contributed by atoms with E-state index in [2.05, 4.69) is 114 Å². The van der Waals surface area contributed by atoms with E-state index in [-0.39, 0.29) is 0 Å². The molecule has 0 N–H and O–H groups in total. The highest BCUT2D eigenvalue weighted by atomic mass is 15.2. The summed E-state index contributed by atoms with van der Waals surface area (Å²) in [6.07, 6.45) is 2.30. The Morgan fingerprint density at radius 3 is 1.84 bits per heavy atom. The highest BCUT2D eigenvalue weighted by Crippen LogP contribution is 2.38. The maximum atomic E-state index is 4.89. The minimum atomic E-state index is 0.838. The highest BCUT2D eigenvalue weighted by Gasteiger charge is 2.28. The van der Waals surface area contributed by atoms with Crippen molar-refractivity contribution in [1.29, 1.82) is 0 Å². The van der Waals surface area contributed by atoms with E-state index in [1.54, 1.807) is 0 Å². The van der Waals surface area contributed by atoms with Crippen LogP contribution in [0.5, 0.6) is 0 Å². The van der Waals surface area contributed by atoms with E-state index in [9.17, 15) is 0 Å². The molecular formula is C29H22N2. The van der Waals surface area contributed by atoms with E-state index < -0.39 is 0 Å². The van der Waals surface area contributed by atoms with Crippen LogP contribution in [-0.2, 0) is 0 Å². The standard InChI is InChI=1S/C29H22N2/c1-3-9-21(10-4-1)24-17-25(22-11-5-2-6-12-22)19-26(18-24)27-20-23-13-7-8-14-28(23)31-16-15-30-29(27)31/h1-14,17-20H,15-16H2. The molecule has 4 aromatic carbocycles. The van der Waals surface area contributed by atoms with Gasteiger partial charge < -0.3 is 4.90 Å². The molecule has 0 saturated carbocycles. The molecule has 0 unspecified atom stereocenters. The molecule has 0 atom stereocenters. The van der Waals surface area contributed by atoms with Gasteiger partial charge in [-0.15, -0.1) is 0 Å². The third-order valence-corrected chi connectivity index (χ3v) is 6.07. The van der Waals surface area contributed by atoms with Crippen LogP contribution in [0, 0.1) is 0 Å². The van der Waals surface area contributed by atoms with Gasteiger partial charge in [0.2, 0.25) is 0 Å². The highest BCUT2D eigenvalue weighted by molar-refractivity contribution is 6.36. The van der Waals surface area contributed by atoms with E-state index >= 15 is 0 Å². The summed E-state index contributed by atoms with van der Waals surface area (Å²) in [6, 6.07) is 36.8. The molecule has 2 aliphatic rings. The van der Waals surface area contributed by atoms with Crippen molar-refractivity contribution in [1.82, 2.24) is 0 Å². The molecule has 2 heteroatoms. The lowest BCUT2D eigenvalue weighted by atomic mass is 9.90. The van der Waals surface area contributed by atoms with Gasteiger partial charge in [-0.2, -0.15) is 0 Å². The van der Waals surface area contributed by atoms with Crippen LogP contribution in [-0.4, -0.2) is 18.9 Å². The largest absolute Gasteiger partial charge is 0.324 e. The maximum Gasteiger partial charge on any atom is 0.136 e. The fraction of sp³-hybridized carbons (Fsp3) is 0.0690. The Morgan fingerprint density at radius 1 is 0.581 bits per heavy atom. The minimum Gasteiger partial charge on any atom is -0.324 e. The van der Waals surface area contributed by atoms with Crippen LogP contribution in [0.25, 0.3) is 33.9 Å². The summed E-state index contributed by atoms with van der Waals surface area (Å²) in [5.74, 6) is 1.09. The number of fused-ring (bicyclic) bond motifs is 3. The van der Waals surface area contributed by atoms with Crippen molar-refractivity contribution < 1.29 is 0 Å². The molecular weight excluding hydrogens is 376 g/mol. The first-order valence-electron chi connectivity index (χ1n) is 10.8. The Kier molecular flexibility index (Phi) is 4.28. The van der Waals surface area contributed by atoms with Crippen LogP contribution in [0.1, 0.15) is 11.1 Å². The first-order valence-corrected chi connectivity index (χ1v) is 10.8. The molecule has 0 radical (unpaired) electrons. The van der Waals surface area contributed by atoms with Crippen molar-refractivity contribution in [2.24, 2.45) is 4.99 Å².